The third-order valence-electron chi connectivity index (χ3n) is 11.4. The van der Waals surface area contributed by atoms with Gasteiger partial charge in [-0.1, -0.05) is 34.6 Å². The third-order valence-corrected chi connectivity index (χ3v) is 15.9. The first kappa shape index (κ1) is 33.4. The summed E-state index contributed by atoms with van der Waals surface area (Å²) in [7, 11) is 1.12. The lowest BCUT2D eigenvalue weighted by molar-refractivity contribution is -0.209. The van der Waals surface area contributed by atoms with Crippen molar-refractivity contribution in [1.29, 1.82) is 0 Å². The number of fused-ring (bicyclic) bond motifs is 2. The van der Waals surface area contributed by atoms with Crippen LogP contribution in [-0.2, 0) is 23.4 Å². The first-order valence-electron chi connectivity index (χ1n) is 14.8. The van der Waals surface area contributed by atoms with E-state index >= 15 is 0 Å². The van der Waals surface area contributed by atoms with Crippen molar-refractivity contribution in [2.45, 2.75) is 128 Å². The summed E-state index contributed by atoms with van der Waals surface area (Å²) in [5, 5.41) is 34.8. The maximum atomic E-state index is 12.6. The van der Waals surface area contributed by atoms with E-state index in [2.05, 4.69) is 54.6 Å². The van der Waals surface area contributed by atoms with Crippen LogP contribution < -0.4 is 0 Å². The summed E-state index contributed by atoms with van der Waals surface area (Å²) in [5.74, 6) is -0.527. The van der Waals surface area contributed by atoms with Gasteiger partial charge in [-0.2, -0.15) is 0 Å². The first-order valence-corrected chi connectivity index (χ1v) is 17.7. The summed E-state index contributed by atoms with van der Waals surface area (Å²) in [6, 6.07) is 0. The Morgan fingerprint density at radius 3 is 2.13 bits per heavy atom. The molecule has 230 valence electrons. The largest absolute Gasteiger partial charge is 0.413 e. The summed E-state index contributed by atoms with van der Waals surface area (Å²) in [6.07, 6.45) is 2.09. The Morgan fingerprint density at radius 2 is 1.59 bits per heavy atom. The molecule has 0 saturated heterocycles. The maximum absolute atomic E-state index is 12.6. The van der Waals surface area contributed by atoms with Gasteiger partial charge in [0.05, 0.1) is 29.5 Å². The second kappa shape index (κ2) is 11.5. The Hall–Kier alpha value is -0.103. The van der Waals surface area contributed by atoms with Crippen molar-refractivity contribution >= 4 is 8.32 Å². The number of aliphatic hydroxyl groups excluding tert-OH is 2. The van der Waals surface area contributed by atoms with Gasteiger partial charge in [0.25, 0.3) is 0 Å². The van der Waals surface area contributed by atoms with Crippen molar-refractivity contribution in [3.8, 4) is 0 Å². The van der Waals surface area contributed by atoms with Gasteiger partial charge in [0.15, 0.2) is 8.32 Å². The van der Waals surface area contributed by atoms with Crippen LogP contribution in [0.25, 0.3) is 0 Å². The van der Waals surface area contributed by atoms with Crippen LogP contribution in [0.3, 0.4) is 0 Å². The summed E-state index contributed by atoms with van der Waals surface area (Å²) in [5.41, 5.74) is -2.81. The molecule has 9 heteroatoms. The standard InChI is InChI=1S/C30H58O8Si/c1-26(2,3)39(10,11)38-23-16-21(24(32)27(23,4)5)29(7,33)22-13-12-20-25(36-18-34-8)30(22,14-15-31)17-28(20,6)37-19-35-9/h20-25,31-33H,12-19H2,1-11H3/t20-,21-,22+,23+,24-,25-,28-,29+,30+/m1/s1. The average Bonchev–Trinajstić information content (AvgIpc) is 3.12. The van der Waals surface area contributed by atoms with Gasteiger partial charge in [-0.05, 0) is 70.0 Å². The highest BCUT2D eigenvalue weighted by Crippen LogP contribution is 2.66. The van der Waals surface area contributed by atoms with Crippen LogP contribution in [-0.4, -0.2) is 87.6 Å². The fourth-order valence-corrected chi connectivity index (χ4v) is 9.67. The SMILES string of the molecule is COCO[C@@H]1[C@H]2CC[C@@H]([C@@](C)(O)[C@@H]3C[C@H](O[Si](C)(C)C(C)(C)C)C(C)(C)[C@@H]3O)[C@]1(CCO)C[C@@]2(C)OCOC. The van der Waals surface area contributed by atoms with Gasteiger partial charge in [0.2, 0.25) is 0 Å². The van der Waals surface area contributed by atoms with Gasteiger partial charge < -0.3 is 38.7 Å². The zero-order valence-corrected chi connectivity index (χ0v) is 27.5. The molecule has 39 heavy (non-hydrogen) atoms. The average molecular weight is 575 g/mol. The van der Waals surface area contributed by atoms with E-state index in [0.29, 0.717) is 19.3 Å². The summed E-state index contributed by atoms with van der Waals surface area (Å²) >= 11 is 0. The molecule has 0 heterocycles. The molecule has 0 aliphatic heterocycles. The van der Waals surface area contributed by atoms with E-state index in [9.17, 15) is 15.3 Å². The number of rotatable bonds is 12. The molecule has 0 aromatic rings. The van der Waals surface area contributed by atoms with Gasteiger partial charge in [-0.3, -0.25) is 0 Å². The van der Waals surface area contributed by atoms with Crippen LogP contribution in [0.5, 0.6) is 0 Å². The monoisotopic (exact) mass is 574 g/mol. The van der Waals surface area contributed by atoms with Crippen molar-refractivity contribution in [2.24, 2.45) is 28.6 Å². The van der Waals surface area contributed by atoms with Crippen molar-refractivity contribution in [2.75, 3.05) is 34.4 Å². The van der Waals surface area contributed by atoms with Crippen LogP contribution >= 0.6 is 0 Å². The second-order valence-electron chi connectivity index (χ2n) is 15.2. The predicted molar refractivity (Wildman–Crippen MR) is 154 cm³/mol. The number of hydrogen-bond donors (Lipinski definition) is 3. The Balaban J connectivity index is 2.01. The van der Waals surface area contributed by atoms with Crippen LogP contribution in [0.2, 0.25) is 18.1 Å². The van der Waals surface area contributed by atoms with Crippen LogP contribution in [0, 0.1) is 28.6 Å². The Kier molecular flexibility index (Phi) is 9.87. The second-order valence-corrected chi connectivity index (χ2v) is 19.9. The highest BCUT2D eigenvalue weighted by molar-refractivity contribution is 6.74. The highest BCUT2D eigenvalue weighted by Gasteiger charge is 2.70. The first-order chi connectivity index (χ1) is 17.9. The number of ether oxygens (including phenoxy) is 4. The summed E-state index contributed by atoms with van der Waals surface area (Å²) in [4.78, 5) is 0. The van der Waals surface area contributed by atoms with E-state index < -0.39 is 36.5 Å². The van der Waals surface area contributed by atoms with E-state index in [1.54, 1.807) is 14.2 Å². The minimum absolute atomic E-state index is 0.0255. The molecule has 0 amide bonds. The zero-order valence-electron chi connectivity index (χ0n) is 26.5. The molecular formula is C30H58O8Si. The van der Waals surface area contributed by atoms with Crippen LogP contribution in [0.4, 0.5) is 0 Å². The van der Waals surface area contributed by atoms with E-state index in [0.717, 1.165) is 12.8 Å². The molecule has 8 nitrogen and oxygen atoms in total. The van der Waals surface area contributed by atoms with Crippen LogP contribution in [0.15, 0.2) is 0 Å². The Bertz CT molecular complexity index is 826. The van der Waals surface area contributed by atoms with Gasteiger partial charge >= 0.3 is 0 Å². The number of methoxy groups -OCH3 is 2. The molecule has 9 atom stereocenters. The number of hydrogen-bond acceptors (Lipinski definition) is 8. The van der Waals surface area contributed by atoms with Crippen molar-refractivity contribution in [1.82, 2.24) is 0 Å². The molecule has 3 N–H and O–H groups in total. The third kappa shape index (κ3) is 5.78. The summed E-state index contributed by atoms with van der Waals surface area (Å²) in [6.45, 7) is 19.6. The van der Waals surface area contributed by atoms with Gasteiger partial charge in [0.1, 0.15) is 13.6 Å². The Labute approximate surface area is 238 Å². The van der Waals surface area contributed by atoms with Crippen LogP contribution in [0.1, 0.15) is 80.6 Å². The minimum atomic E-state index is -2.10. The molecule has 0 aromatic carbocycles. The maximum Gasteiger partial charge on any atom is 0.192 e. The molecular weight excluding hydrogens is 516 g/mol. The predicted octanol–water partition coefficient (Wildman–Crippen LogP) is 4.70. The quantitative estimate of drug-likeness (QED) is 0.227. The van der Waals surface area contributed by atoms with Crippen molar-refractivity contribution in [3.63, 3.8) is 0 Å². The smallest absolute Gasteiger partial charge is 0.192 e. The molecule has 3 aliphatic rings. The van der Waals surface area contributed by atoms with Crippen molar-refractivity contribution in [3.05, 3.63) is 0 Å². The molecule has 3 rings (SSSR count). The molecule has 0 radical (unpaired) electrons. The molecule has 2 bridgehead atoms. The molecule has 3 aliphatic carbocycles. The lowest BCUT2D eigenvalue weighted by Gasteiger charge is -2.54. The molecule has 0 unspecified atom stereocenters. The lowest BCUT2D eigenvalue weighted by Crippen LogP contribution is -2.58. The Morgan fingerprint density at radius 1 is 0.974 bits per heavy atom. The highest BCUT2D eigenvalue weighted by atomic mass is 28.4. The van der Waals surface area contributed by atoms with Gasteiger partial charge in [-0.15, -0.1) is 0 Å². The molecule has 0 aromatic heterocycles. The van der Waals surface area contributed by atoms with Gasteiger partial charge in [0, 0.05) is 43.5 Å². The lowest BCUT2D eigenvalue weighted by atomic mass is 9.55. The molecule has 0 spiro atoms. The zero-order chi connectivity index (χ0) is 29.7. The van der Waals surface area contributed by atoms with E-state index in [1.807, 2.05) is 6.92 Å². The van der Waals surface area contributed by atoms with E-state index in [-0.39, 0.29) is 55.2 Å². The molecule has 3 fully saturated rings. The van der Waals surface area contributed by atoms with Gasteiger partial charge in [-0.25, -0.2) is 0 Å². The van der Waals surface area contributed by atoms with E-state index in [4.69, 9.17) is 23.4 Å². The molecule has 3 saturated carbocycles. The normalized spacial score (nSPS) is 40.2. The van der Waals surface area contributed by atoms with E-state index in [1.165, 1.54) is 0 Å². The summed E-state index contributed by atoms with van der Waals surface area (Å²) < 4.78 is 30.2. The fourth-order valence-electron chi connectivity index (χ4n) is 8.20. The minimum Gasteiger partial charge on any atom is -0.413 e. The van der Waals surface area contributed by atoms with Crippen molar-refractivity contribution < 1.29 is 38.7 Å². The topological polar surface area (TPSA) is 107 Å². The fraction of sp³-hybridized carbons (Fsp3) is 1.00. The number of aliphatic hydroxyl groups is 3.